The number of hydrogen-bond donors (Lipinski definition) is 0. The number of unbranched alkanes of at least 4 members (excludes halogenated alkanes) is 29. The van der Waals surface area contributed by atoms with Gasteiger partial charge in [0.2, 0.25) is 0 Å². The second-order valence-electron chi connectivity index (χ2n) is 13.0. The molecule has 3 heteroatoms. The van der Waals surface area contributed by atoms with Gasteiger partial charge < -0.3 is 9.47 Å². The molecule has 0 bridgehead atoms. The quantitative estimate of drug-likeness (QED) is 0.0529. The second-order valence-corrected chi connectivity index (χ2v) is 13.0. The van der Waals surface area contributed by atoms with Crippen LogP contribution in [0.5, 0.6) is 0 Å². The normalized spacial score (nSPS) is 11.0. The number of carbonyl (C=O) groups is 1. The molecule has 0 rings (SSSR count). The molecule has 0 amide bonds. The largest absolute Gasteiger partial charge is 0.466 e. The fraction of sp³-hybridized carbons (Fsp3) is 0.975. The van der Waals surface area contributed by atoms with Crippen molar-refractivity contribution < 1.29 is 14.3 Å². The van der Waals surface area contributed by atoms with E-state index in [0.717, 1.165) is 26.1 Å². The van der Waals surface area contributed by atoms with Crippen molar-refractivity contribution >= 4 is 5.97 Å². The molecular formula is C40H82O3. The molecule has 0 aliphatic rings. The smallest absolute Gasteiger partial charge is 0.305 e. The zero-order valence-corrected chi connectivity index (χ0v) is 30.5. The molecule has 0 N–H and O–H groups in total. The minimum absolute atomic E-state index is 0.0284. The van der Waals surface area contributed by atoms with Crippen LogP contribution in [0.2, 0.25) is 0 Å². The molecule has 0 atom stereocenters. The first-order valence-electron chi connectivity index (χ1n) is 20.0. The topological polar surface area (TPSA) is 35.5 Å². The summed E-state index contributed by atoms with van der Waals surface area (Å²) in [4.78, 5) is 11.9. The van der Waals surface area contributed by atoms with E-state index in [0.29, 0.717) is 13.0 Å². The molecule has 260 valence electrons. The van der Waals surface area contributed by atoms with E-state index in [9.17, 15) is 4.79 Å². The van der Waals surface area contributed by atoms with Gasteiger partial charge in [-0.25, -0.2) is 0 Å². The Morgan fingerprint density at radius 1 is 0.349 bits per heavy atom. The van der Waals surface area contributed by atoms with Crippen molar-refractivity contribution in [3.63, 3.8) is 0 Å². The molecule has 0 radical (unpaired) electrons. The van der Waals surface area contributed by atoms with Gasteiger partial charge in [0.1, 0.15) is 0 Å². The maximum Gasteiger partial charge on any atom is 0.305 e. The zero-order chi connectivity index (χ0) is 31.7. The SMILES string of the molecule is CCCCCCCCCCCCCCCCCCOC(=O)CCCCCCCCCCCCCCCCC.CCOCC. The Morgan fingerprint density at radius 3 is 0.860 bits per heavy atom. The molecule has 0 aromatic heterocycles. The van der Waals surface area contributed by atoms with Crippen LogP contribution in [0.1, 0.15) is 233 Å². The minimum atomic E-state index is 0.0284. The third-order valence-corrected chi connectivity index (χ3v) is 8.65. The van der Waals surface area contributed by atoms with Crippen LogP contribution in [0.25, 0.3) is 0 Å². The molecule has 0 spiro atoms. The number of ether oxygens (including phenoxy) is 2. The molecule has 0 fully saturated rings. The van der Waals surface area contributed by atoms with Gasteiger partial charge in [-0.3, -0.25) is 4.79 Å². The Morgan fingerprint density at radius 2 is 0.605 bits per heavy atom. The van der Waals surface area contributed by atoms with Crippen molar-refractivity contribution in [2.24, 2.45) is 0 Å². The molecule has 0 aromatic rings. The standard InChI is InChI=1S/C36H72O2.C4H10O/c1-3-5-7-9-11-13-15-17-19-21-23-25-27-29-31-33-35-38-36(37)34-32-30-28-26-24-22-20-18-16-14-12-10-8-6-4-2;1-3-5-4-2/h3-35H2,1-2H3;3-4H2,1-2H3. The number of carbonyl (C=O) groups excluding carboxylic acids is 1. The predicted octanol–water partition coefficient (Wildman–Crippen LogP) is 14.1. The van der Waals surface area contributed by atoms with Crippen LogP contribution in [0.15, 0.2) is 0 Å². The third-order valence-electron chi connectivity index (χ3n) is 8.65. The van der Waals surface area contributed by atoms with Crippen LogP contribution in [0.4, 0.5) is 0 Å². The zero-order valence-electron chi connectivity index (χ0n) is 30.5. The number of rotatable bonds is 35. The lowest BCUT2D eigenvalue weighted by Gasteiger charge is -2.06. The summed E-state index contributed by atoms with van der Waals surface area (Å²) >= 11 is 0. The van der Waals surface area contributed by atoms with Crippen molar-refractivity contribution in [1.82, 2.24) is 0 Å². The Bertz CT molecular complexity index is 476. The maximum absolute atomic E-state index is 11.9. The van der Waals surface area contributed by atoms with Crippen LogP contribution in [-0.4, -0.2) is 25.8 Å². The summed E-state index contributed by atoms with van der Waals surface area (Å²) in [6.07, 6.45) is 43.1. The molecule has 0 saturated heterocycles. The highest BCUT2D eigenvalue weighted by atomic mass is 16.5. The molecule has 43 heavy (non-hydrogen) atoms. The lowest BCUT2D eigenvalue weighted by molar-refractivity contribution is -0.143. The van der Waals surface area contributed by atoms with E-state index in [-0.39, 0.29) is 5.97 Å². The second kappa shape index (κ2) is 43.6. The van der Waals surface area contributed by atoms with Gasteiger partial charge >= 0.3 is 5.97 Å². The summed E-state index contributed by atoms with van der Waals surface area (Å²) < 4.78 is 10.3. The van der Waals surface area contributed by atoms with E-state index < -0.39 is 0 Å². The molecule has 3 nitrogen and oxygen atoms in total. The highest BCUT2D eigenvalue weighted by Crippen LogP contribution is 2.15. The summed E-state index contributed by atoms with van der Waals surface area (Å²) in [5.41, 5.74) is 0. The summed E-state index contributed by atoms with van der Waals surface area (Å²) in [6.45, 7) is 10.9. The minimum Gasteiger partial charge on any atom is -0.466 e. The van der Waals surface area contributed by atoms with E-state index in [1.807, 2.05) is 13.8 Å². The molecule has 0 aromatic carbocycles. The van der Waals surface area contributed by atoms with Gasteiger partial charge in [-0.2, -0.15) is 0 Å². The summed E-state index contributed by atoms with van der Waals surface area (Å²) in [5, 5.41) is 0. The molecule has 0 unspecified atom stereocenters. The molecule has 0 saturated carbocycles. The van der Waals surface area contributed by atoms with Gasteiger partial charge in [-0.15, -0.1) is 0 Å². The van der Waals surface area contributed by atoms with Crippen LogP contribution in [-0.2, 0) is 14.3 Å². The van der Waals surface area contributed by atoms with Crippen LogP contribution in [0, 0.1) is 0 Å². The van der Waals surface area contributed by atoms with Gasteiger partial charge in [0.15, 0.2) is 0 Å². The Hall–Kier alpha value is -0.570. The maximum atomic E-state index is 11.9. The average molecular weight is 611 g/mol. The first-order chi connectivity index (χ1) is 21.2. The monoisotopic (exact) mass is 611 g/mol. The van der Waals surface area contributed by atoms with Crippen molar-refractivity contribution in [3.05, 3.63) is 0 Å². The van der Waals surface area contributed by atoms with Crippen molar-refractivity contribution in [2.45, 2.75) is 233 Å². The summed E-state index contributed by atoms with van der Waals surface area (Å²) in [7, 11) is 0. The first kappa shape index (κ1) is 44.6. The van der Waals surface area contributed by atoms with E-state index in [4.69, 9.17) is 9.47 Å². The number of hydrogen-bond acceptors (Lipinski definition) is 3. The summed E-state index contributed by atoms with van der Waals surface area (Å²) in [6, 6.07) is 0. The average Bonchev–Trinajstić information content (AvgIpc) is 3.01. The fourth-order valence-electron chi connectivity index (χ4n) is 5.75. The first-order valence-corrected chi connectivity index (χ1v) is 20.0. The lowest BCUT2D eigenvalue weighted by Crippen LogP contribution is -2.05. The molecular weight excluding hydrogens is 528 g/mol. The Balaban J connectivity index is 0. The third kappa shape index (κ3) is 46.0. The van der Waals surface area contributed by atoms with Crippen LogP contribution < -0.4 is 0 Å². The van der Waals surface area contributed by atoms with Gasteiger partial charge in [0.25, 0.3) is 0 Å². The van der Waals surface area contributed by atoms with Gasteiger partial charge in [-0.05, 0) is 26.7 Å². The van der Waals surface area contributed by atoms with Gasteiger partial charge in [-0.1, -0.05) is 200 Å². The van der Waals surface area contributed by atoms with Crippen molar-refractivity contribution in [3.8, 4) is 0 Å². The lowest BCUT2D eigenvalue weighted by atomic mass is 10.0. The summed E-state index contributed by atoms with van der Waals surface area (Å²) in [5.74, 6) is 0.0284. The molecule has 0 heterocycles. The fourth-order valence-corrected chi connectivity index (χ4v) is 5.75. The van der Waals surface area contributed by atoms with E-state index >= 15 is 0 Å². The van der Waals surface area contributed by atoms with Crippen molar-refractivity contribution in [1.29, 1.82) is 0 Å². The molecule has 0 aliphatic carbocycles. The van der Waals surface area contributed by atoms with Crippen LogP contribution >= 0.6 is 0 Å². The predicted molar refractivity (Wildman–Crippen MR) is 192 cm³/mol. The van der Waals surface area contributed by atoms with Crippen molar-refractivity contribution in [2.75, 3.05) is 19.8 Å². The number of esters is 1. The van der Waals surface area contributed by atoms with E-state index in [1.54, 1.807) is 0 Å². The van der Waals surface area contributed by atoms with E-state index in [2.05, 4.69) is 13.8 Å². The van der Waals surface area contributed by atoms with Crippen LogP contribution in [0.3, 0.4) is 0 Å². The highest BCUT2D eigenvalue weighted by Gasteiger charge is 2.03. The van der Waals surface area contributed by atoms with Gasteiger partial charge in [0.05, 0.1) is 6.61 Å². The van der Waals surface area contributed by atoms with Gasteiger partial charge in [0, 0.05) is 19.6 Å². The highest BCUT2D eigenvalue weighted by molar-refractivity contribution is 5.69. The Kier molecular flexibility index (Phi) is 45.1. The van der Waals surface area contributed by atoms with E-state index in [1.165, 1.54) is 186 Å². The Labute approximate surface area is 272 Å². The molecule has 0 aliphatic heterocycles.